The molecule has 2 N–H and O–H groups in total. The Labute approximate surface area is 166 Å². The van der Waals surface area contributed by atoms with E-state index < -0.39 is 0 Å². The summed E-state index contributed by atoms with van der Waals surface area (Å²) in [5.41, 5.74) is 2.83. The van der Waals surface area contributed by atoms with Crippen molar-refractivity contribution in [2.75, 3.05) is 16.4 Å². The van der Waals surface area contributed by atoms with Gasteiger partial charge >= 0.3 is 0 Å². The monoisotopic (exact) mass is 384 g/mol. The van der Waals surface area contributed by atoms with E-state index in [0.29, 0.717) is 18.1 Å². The fourth-order valence-electron chi connectivity index (χ4n) is 2.52. The van der Waals surface area contributed by atoms with Gasteiger partial charge in [0.15, 0.2) is 0 Å². The fraction of sp³-hybridized carbons (Fsp3) is 0.364. The van der Waals surface area contributed by atoms with Gasteiger partial charge < -0.3 is 10.6 Å². The second kappa shape index (κ2) is 10.8. The first-order valence-corrected chi connectivity index (χ1v) is 10.4. The van der Waals surface area contributed by atoms with Gasteiger partial charge in [-0.2, -0.15) is 0 Å². The van der Waals surface area contributed by atoms with Gasteiger partial charge in [-0.15, -0.1) is 11.8 Å². The van der Waals surface area contributed by atoms with Crippen molar-refractivity contribution in [3.63, 3.8) is 0 Å². The van der Waals surface area contributed by atoms with Crippen molar-refractivity contribution in [1.82, 2.24) is 0 Å². The smallest absolute Gasteiger partial charge is 0.234 e. The normalized spacial score (nSPS) is 10.7. The quantitative estimate of drug-likeness (QED) is 0.548. The zero-order valence-corrected chi connectivity index (χ0v) is 17.1. The van der Waals surface area contributed by atoms with Crippen molar-refractivity contribution in [3.05, 3.63) is 54.1 Å². The first-order valence-electron chi connectivity index (χ1n) is 9.40. The summed E-state index contributed by atoms with van der Waals surface area (Å²) in [4.78, 5) is 25.0. The van der Waals surface area contributed by atoms with Crippen LogP contribution < -0.4 is 10.6 Å². The number of unbranched alkanes of at least 4 members (excludes halogenated alkanes) is 1. The molecule has 5 heteroatoms. The molecule has 2 aromatic rings. The van der Waals surface area contributed by atoms with Gasteiger partial charge in [-0.3, -0.25) is 9.59 Å². The Bertz CT molecular complexity index is 757. The van der Waals surface area contributed by atoms with Crippen molar-refractivity contribution in [2.24, 2.45) is 0 Å². The molecule has 0 saturated heterocycles. The molecule has 0 heterocycles. The van der Waals surface area contributed by atoms with Crippen molar-refractivity contribution < 1.29 is 9.59 Å². The highest BCUT2D eigenvalue weighted by atomic mass is 32.2. The highest BCUT2D eigenvalue weighted by Crippen LogP contribution is 2.23. The maximum absolute atomic E-state index is 12.2. The van der Waals surface area contributed by atoms with Crippen molar-refractivity contribution in [1.29, 1.82) is 0 Å². The average Bonchev–Trinajstić information content (AvgIpc) is 2.65. The molecular weight excluding hydrogens is 356 g/mol. The molecule has 0 fully saturated rings. The van der Waals surface area contributed by atoms with Gasteiger partial charge in [0.05, 0.1) is 5.75 Å². The predicted octanol–water partition coefficient (Wildman–Crippen LogP) is 5.67. The molecule has 2 aromatic carbocycles. The van der Waals surface area contributed by atoms with Crippen molar-refractivity contribution >= 4 is 35.0 Å². The highest BCUT2D eigenvalue weighted by Gasteiger charge is 2.07. The summed E-state index contributed by atoms with van der Waals surface area (Å²) in [6.45, 7) is 6.35. The maximum Gasteiger partial charge on any atom is 0.234 e. The molecule has 0 aliphatic heterocycles. The van der Waals surface area contributed by atoms with Crippen molar-refractivity contribution in [2.45, 2.75) is 50.8 Å². The molecular formula is C22H28N2O2S. The minimum Gasteiger partial charge on any atom is -0.326 e. The minimum absolute atomic E-state index is 0.0292. The van der Waals surface area contributed by atoms with Crippen LogP contribution in [-0.4, -0.2) is 17.6 Å². The lowest BCUT2D eigenvalue weighted by molar-refractivity contribution is -0.116. The van der Waals surface area contributed by atoms with E-state index in [1.54, 1.807) is 0 Å². The number of carbonyl (C=O) groups is 2. The number of hydrogen-bond donors (Lipinski definition) is 2. The van der Waals surface area contributed by atoms with Crippen LogP contribution in [0.5, 0.6) is 0 Å². The number of thioether (sulfide) groups is 1. The Morgan fingerprint density at radius 3 is 2.33 bits per heavy atom. The SMILES string of the molecule is CCCCC(=O)Nc1cccc(SCC(=O)Nc2ccc(C(C)C)cc2)c1. The third-order valence-electron chi connectivity index (χ3n) is 4.11. The van der Waals surface area contributed by atoms with Crippen molar-refractivity contribution in [3.8, 4) is 0 Å². The van der Waals surface area contributed by atoms with E-state index in [1.807, 2.05) is 48.5 Å². The summed E-state index contributed by atoms with van der Waals surface area (Å²) in [6.07, 6.45) is 2.42. The molecule has 0 spiro atoms. The average molecular weight is 385 g/mol. The lowest BCUT2D eigenvalue weighted by Gasteiger charge is -2.09. The van der Waals surface area contributed by atoms with E-state index in [-0.39, 0.29) is 11.8 Å². The number of rotatable bonds is 9. The molecule has 4 nitrogen and oxygen atoms in total. The van der Waals surface area contributed by atoms with E-state index >= 15 is 0 Å². The molecule has 0 bridgehead atoms. The molecule has 2 amide bonds. The van der Waals surface area contributed by atoms with Gasteiger partial charge in [0.2, 0.25) is 11.8 Å². The zero-order chi connectivity index (χ0) is 19.6. The van der Waals surface area contributed by atoms with Crippen LogP contribution in [0.15, 0.2) is 53.4 Å². The standard InChI is InChI=1S/C22H28N2O2S/c1-4-5-9-21(25)24-19-7-6-8-20(14-19)27-15-22(26)23-18-12-10-17(11-13-18)16(2)3/h6-8,10-14,16H,4-5,9,15H2,1-3H3,(H,23,26)(H,24,25). The van der Waals surface area contributed by atoms with E-state index in [9.17, 15) is 9.59 Å². The molecule has 0 atom stereocenters. The van der Waals surface area contributed by atoms with Crippen LogP contribution >= 0.6 is 11.8 Å². The number of anilines is 2. The van der Waals surface area contributed by atoms with E-state index in [0.717, 1.165) is 29.1 Å². The van der Waals surface area contributed by atoms with Crippen LogP contribution in [0, 0.1) is 0 Å². The molecule has 0 radical (unpaired) electrons. The van der Waals surface area contributed by atoms with Crippen LogP contribution in [0.2, 0.25) is 0 Å². The van der Waals surface area contributed by atoms with E-state index in [1.165, 1.54) is 17.3 Å². The number of amides is 2. The van der Waals surface area contributed by atoms with Crippen LogP contribution in [0.1, 0.15) is 51.5 Å². The molecule has 0 aliphatic rings. The summed E-state index contributed by atoms with van der Waals surface area (Å²) < 4.78 is 0. The summed E-state index contributed by atoms with van der Waals surface area (Å²) in [5, 5.41) is 5.82. The van der Waals surface area contributed by atoms with Crippen LogP contribution in [-0.2, 0) is 9.59 Å². The van der Waals surface area contributed by atoms with Crippen LogP contribution in [0.4, 0.5) is 11.4 Å². The van der Waals surface area contributed by atoms with Gasteiger partial charge in [-0.25, -0.2) is 0 Å². The zero-order valence-electron chi connectivity index (χ0n) is 16.2. The second-order valence-electron chi connectivity index (χ2n) is 6.79. The lowest BCUT2D eigenvalue weighted by Crippen LogP contribution is -2.14. The summed E-state index contributed by atoms with van der Waals surface area (Å²) in [5.74, 6) is 0.774. The molecule has 144 valence electrons. The number of hydrogen-bond acceptors (Lipinski definition) is 3. The molecule has 0 unspecified atom stereocenters. The summed E-state index contributed by atoms with van der Waals surface area (Å²) in [7, 11) is 0. The second-order valence-corrected chi connectivity index (χ2v) is 7.84. The Morgan fingerprint density at radius 2 is 1.67 bits per heavy atom. The lowest BCUT2D eigenvalue weighted by atomic mass is 10.0. The third-order valence-corrected chi connectivity index (χ3v) is 5.10. The summed E-state index contributed by atoms with van der Waals surface area (Å²) >= 11 is 1.45. The van der Waals surface area contributed by atoms with Gasteiger partial charge in [-0.05, 0) is 48.2 Å². The first-order chi connectivity index (χ1) is 13.0. The Balaban J connectivity index is 1.84. The molecule has 0 aliphatic carbocycles. The summed E-state index contributed by atoms with van der Waals surface area (Å²) in [6, 6.07) is 15.5. The topological polar surface area (TPSA) is 58.2 Å². The third kappa shape index (κ3) is 7.47. The largest absolute Gasteiger partial charge is 0.326 e. The van der Waals surface area contributed by atoms with E-state index in [4.69, 9.17) is 0 Å². The number of nitrogens with one attached hydrogen (secondary N) is 2. The first kappa shape index (κ1) is 21.0. The molecule has 0 saturated carbocycles. The Morgan fingerprint density at radius 1 is 0.963 bits per heavy atom. The predicted molar refractivity (Wildman–Crippen MR) is 114 cm³/mol. The minimum atomic E-state index is -0.0466. The van der Waals surface area contributed by atoms with Gasteiger partial charge in [0, 0.05) is 22.7 Å². The number of carbonyl (C=O) groups excluding carboxylic acids is 2. The Hall–Kier alpha value is -2.27. The maximum atomic E-state index is 12.2. The molecule has 27 heavy (non-hydrogen) atoms. The fourth-order valence-corrected chi connectivity index (χ4v) is 3.28. The van der Waals surface area contributed by atoms with Crippen LogP contribution in [0.25, 0.3) is 0 Å². The van der Waals surface area contributed by atoms with Gasteiger partial charge in [-0.1, -0.05) is 45.4 Å². The molecule has 0 aromatic heterocycles. The molecule has 2 rings (SSSR count). The Kier molecular flexibility index (Phi) is 8.40. The van der Waals surface area contributed by atoms with Gasteiger partial charge in [0.25, 0.3) is 0 Å². The van der Waals surface area contributed by atoms with Gasteiger partial charge in [0.1, 0.15) is 0 Å². The highest BCUT2D eigenvalue weighted by molar-refractivity contribution is 8.00. The number of benzene rings is 2. The van der Waals surface area contributed by atoms with E-state index in [2.05, 4.69) is 31.4 Å². The van der Waals surface area contributed by atoms with Crippen LogP contribution in [0.3, 0.4) is 0 Å².